The van der Waals surface area contributed by atoms with Crippen LogP contribution in [0.3, 0.4) is 0 Å². The fourth-order valence-electron chi connectivity index (χ4n) is 2.72. The highest BCUT2D eigenvalue weighted by Crippen LogP contribution is 2.21. The summed E-state index contributed by atoms with van der Waals surface area (Å²) in [6, 6.07) is 22.2. The fourth-order valence-corrected chi connectivity index (χ4v) is 2.72. The number of hydrogen-bond acceptors (Lipinski definition) is 3. The molecule has 0 bridgehead atoms. The molecular weight excluding hydrogens is 371 g/mol. The molecule has 0 unspecified atom stereocenters. The predicted molar refractivity (Wildman–Crippen MR) is 110 cm³/mol. The van der Waals surface area contributed by atoms with Crippen molar-refractivity contribution in [2.75, 3.05) is 16.8 Å². The van der Waals surface area contributed by atoms with Crippen LogP contribution in [0.25, 0.3) is 0 Å². The summed E-state index contributed by atoms with van der Waals surface area (Å²) >= 11 is 0. The first-order valence-corrected chi connectivity index (χ1v) is 9.11. The minimum Gasteiger partial charge on any atom is -0.489 e. The molecule has 2 amide bonds. The zero-order valence-corrected chi connectivity index (χ0v) is 16.0. The standard InChI is InChI=1S/C23H21FN2O3/c1-17(27)26(15-23(28)25-20-9-7-19(24)8-10-20)21-11-13-22(14-12-21)29-16-18-5-3-2-4-6-18/h2-14H,15-16H2,1H3,(H,25,28). The van der Waals surface area contributed by atoms with E-state index in [0.29, 0.717) is 23.7 Å². The summed E-state index contributed by atoms with van der Waals surface area (Å²) in [7, 11) is 0. The summed E-state index contributed by atoms with van der Waals surface area (Å²) in [6.45, 7) is 1.68. The summed E-state index contributed by atoms with van der Waals surface area (Å²) < 4.78 is 18.7. The number of nitrogens with one attached hydrogen (secondary N) is 1. The van der Waals surface area contributed by atoms with Gasteiger partial charge >= 0.3 is 0 Å². The highest BCUT2D eigenvalue weighted by Gasteiger charge is 2.16. The minimum atomic E-state index is -0.386. The van der Waals surface area contributed by atoms with Crippen LogP contribution in [-0.4, -0.2) is 18.4 Å². The number of anilines is 2. The van der Waals surface area contributed by atoms with Crippen LogP contribution < -0.4 is 15.0 Å². The Balaban J connectivity index is 1.61. The van der Waals surface area contributed by atoms with Crippen LogP contribution in [0.5, 0.6) is 5.75 Å². The molecule has 0 radical (unpaired) electrons. The summed E-state index contributed by atoms with van der Waals surface area (Å²) in [6.07, 6.45) is 0. The van der Waals surface area contributed by atoms with Crippen molar-refractivity contribution < 1.29 is 18.7 Å². The number of rotatable bonds is 7. The van der Waals surface area contributed by atoms with E-state index in [1.54, 1.807) is 24.3 Å². The van der Waals surface area contributed by atoms with Crippen molar-refractivity contribution in [3.05, 3.63) is 90.2 Å². The molecule has 0 spiro atoms. The Labute approximate surface area is 168 Å². The third kappa shape index (κ3) is 5.90. The predicted octanol–water partition coefficient (Wildman–Crippen LogP) is 4.40. The van der Waals surface area contributed by atoms with Gasteiger partial charge in [0.15, 0.2) is 0 Å². The molecule has 148 valence electrons. The van der Waals surface area contributed by atoms with Crippen LogP contribution in [0.15, 0.2) is 78.9 Å². The van der Waals surface area contributed by atoms with Gasteiger partial charge in [0.05, 0.1) is 0 Å². The maximum atomic E-state index is 13.0. The number of amides is 2. The number of ether oxygens (including phenoxy) is 1. The molecule has 0 aromatic heterocycles. The quantitative estimate of drug-likeness (QED) is 0.649. The van der Waals surface area contributed by atoms with E-state index in [4.69, 9.17) is 4.74 Å². The van der Waals surface area contributed by atoms with Gasteiger partial charge < -0.3 is 15.0 Å². The lowest BCUT2D eigenvalue weighted by Gasteiger charge is -2.21. The second-order valence-electron chi connectivity index (χ2n) is 6.43. The van der Waals surface area contributed by atoms with E-state index >= 15 is 0 Å². The molecular formula is C23H21FN2O3. The van der Waals surface area contributed by atoms with E-state index in [0.717, 1.165) is 5.56 Å². The normalized spacial score (nSPS) is 10.3. The number of halogens is 1. The second kappa shape index (κ2) is 9.50. The Bertz CT molecular complexity index is 958. The minimum absolute atomic E-state index is 0.156. The Morgan fingerprint density at radius 2 is 1.59 bits per heavy atom. The lowest BCUT2D eigenvalue weighted by Crippen LogP contribution is -2.36. The molecule has 0 fully saturated rings. The molecule has 1 N–H and O–H groups in total. The summed E-state index contributed by atoms with van der Waals surface area (Å²) in [4.78, 5) is 25.7. The zero-order chi connectivity index (χ0) is 20.6. The van der Waals surface area contributed by atoms with Crippen molar-refractivity contribution in [2.24, 2.45) is 0 Å². The summed E-state index contributed by atoms with van der Waals surface area (Å²) in [5.41, 5.74) is 2.10. The van der Waals surface area contributed by atoms with Crippen LogP contribution in [-0.2, 0) is 16.2 Å². The molecule has 0 saturated heterocycles. The highest BCUT2D eigenvalue weighted by atomic mass is 19.1. The van der Waals surface area contributed by atoms with Crippen molar-refractivity contribution in [2.45, 2.75) is 13.5 Å². The molecule has 0 aliphatic carbocycles. The number of nitrogens with zero attached hydrogens (tertiary/aromatic N) is 1. The van der Waals surface area contributed by atoms with Gasteiger partial charge in [0.2, 0.25) is 11.8 Å². The van der Waals surface area contributed by atoms with Gasteiger partial charge in [-0.05, 0) is 54.1 Å². The van der Waals surface area contributed by atoms with Gasteiger partial charge in [-0.25, -0.2) is 4.39 Å². The Morgan fingerprint density at radius 1 is 0.931 bits per heavy atom. The van der Waals surface area contributed by atoms with Gasteiger partial charge in [-0.2, -0.15) is 0 Å². The van der Waals surface area contributed by atoms with Gasteiger partial charge in [0.25, 0.3) is 0 Å². The lowest BCUT2D eigenvalue weighted by molar-refractivity contribution is -0.120. The smallest absolute Gasteiger partial charge is 0.244 e. The first kappa shape index (κ1) is 20.1. The zero-order valence-electron chi connectivity index (χ0n) is 16.0. The molecule has 0 aliphatic rings. The topological polar surface area (TPSA) is 58.6 Å². The molecule has 0 aliphatic heterocycles. The molecule has 6 heteroatoms. The molecule has 3 aromatic carbocycles. The van der Waals surface area contributed by atoms with Crippen molar-refractivity contribution in [3.8, 4) is 5.75 Å². The molecule has 3 rings (SSSR count). The lowest BCUT2D eigenvalue weighted by atomic mass is 10.2. The van der Waals surface area contributed by atoms with Crippen LogP contribution in [0, 0.1) is 5.82 Å². The van der Waals surface area contributed by atoms with Crippen molar-refractivity contribution >= 4 is 23.2 Å². The van der Waals surface area contributed by atoms with Gasteiger partial charge in [0, 0.05) is 18.3 Å². The highest BCUT2D eigenvalue weighted by molar-refractivity contribution is 6.01. The average Bonchev–Trinajstić information content (AvgIpc) is 2.73. The molecule has 0 saturated carbocycles. The van der Waals surface area contributed by atoms with Crippen molar-refractivity contribution in [3.63, 3.8) is 0 Å². The Kier molecular flexibility index (Phi) is 6.58. The maximum Gasteiger partial charge on any atom is 0.244 e. The van der Waals surface area contributed by atoms with Crippen LogP contribution in [0.1, 0.15) is 12.5 Å². The molecule has 0 atom stereocenters. The molecule has 0 heterocycles. The number of hydrogen-bond donors (Lipinski definition) is 1. The van der Waals surface area contributed by atoms with Gasteiger partial charge in [-0.15, -0.1) is 0 Å². The summed E-state index contributed by atoms with van der Waals surface area (Å²) in [5, 5.41) is 2.65. The largest absolute Gasteiger partial charge is 0.489 e. The number of benzene rings is 3. The Morgan fingerprint density at radius 3 is 2.21 bits per heavy atom. The van der Waals surface area contributed by atoms with Gasteiger partial charge in [0.1, 0.15) is 24.7 Å². The van der Waals surface area contributed by atoms with Crippen LogP contribution >= 0.6 is 0 Å². The number of carbonyl (C=O) groups excluding carboxylic acids is 2. The van der Waals surface area contributed by atoms with Crippen molar-refractivity contribution in [1.29, 1.82) is 0 Å². The third-order valence-electron chi connectivity index (χ3n) is 4.21. The first-order valence-electron chi connectivity index (χ1n) is 9.11. The summed E-state index contributed by atoms with van der Waals surface area (Å²) in [5.74, 6) is -0.367. The maximum absolute atomic E-state index is 13.0. The van der Waals surface area contributed by atoms with E-state index in [-0.39, 0.29) is 24.2 Å². The molecule has 3 aromatic rings. The van der Waals surface area contributed by atoms with Gasteiger partial charge in [-0.3, -0.25) is 9.59 Å². The molecule has 29 heavy (non-hydrogen) atoms. The van der Waals surface area contributed by atoms with Crippen LogP contribution in [0.2, 0.25) is 0 Å². The van der Waals surface area contributed by atoms with E-state index in [9.17, 15) is 14.0 Å². The number of carbonyl (C=O) groups is 2. The van der Waals surface area contributed by atoms with E-state index in [1.165, 1.54) is 36.1 Å². The first-order chi connectivity index (χ1) is 14.0. The monoisotopic (exact) mass is 392 g/mol. The fraction of sp³-hybridized carbons (Fsp3) is 0.130. The van der Waals surface area contributed by atoms with E-state index in [1.807, 2.05) is 30.3 Å². The van der Waals surface area contributed by atoms with E-state index < -0.39 is 0 Å². The Hall–Kier alpha value is -3.67. The van der Waals surface area contributed by atoms with Crippen molar-refractivity contribution in [1.82, 2.24) is 0 Å². The average molecular weight is 392 g/mol. The van der Waals surface area contributed by atoms with Crippen LogP contribution in [0.4, 0.5) is 15.8 Å². The SMILES string of the molecule is CC(=O)N(CC(=O)Nc1ccc(F)cc1)c1ccc(OCc2ccccc2)cc1. The molecule has 5 nitrogen and oxygen atoms in total. The van der Waals surface area contributed by atoms with Gasteiger partial charge in [-0.1, -0.05) is 30.3 Å². The third-order valence-corrected chi connectivity index (χ3v) is 4.21. The second-order valence-corrected chi connectivity index (χ2v) is 6.43. The van der Waals surface area contributed by atoms with E-state index in [2.05, 4.69) is 5.32 Å².